The Hall–Kier alpha value is -2.40. The van der Waals surface area contributed by atoms with Gasteiger partial charge in [0.1, 0.15) is 24.7 Å². The average Bonchev–Trinajstić information content (AvgIpc) is 3.04. The van der Waals surface area contributed by atoms with Gasteiger partial charge in [-0.05, 0) is 24.3 Å². The fourth-order valence-corrected chi connectivity index (χ4v) is 2.63. The standard InChI is InChI=1S/C18H19FN2O2/c1-22-16-7-2-4-13(8-16)11-20-12-17-10-18(21-23-17)14-5-3-6-15(19)9-14/h2-9,17,20H,10-12H2,1H3/p+1/t17-/m0/s1. The number of hydrogen-bond donors (Lipinski definition) is 1. The van der Waals surface area contributed by atoms with Gasteiger partial charge in [-0.25, -0.2) is 4.39 Å². The first-order valence-electron chi connectivity index (χ1n) is 7.68. The van der Waals surface area contributed by atoms with Gasteiger partial charge in [0.15, 0.2) is 6.10 Å². The number of nitrogens with zero attached hydrogens (tertiary/aromatic N) is 1. The summed E-state index contributed by atoms with van der Waals surface area (Å²) < 4.78 is 18.5. The van der Waals surface area contributed by atoms with Crippen molar-refractivity contribution in [1.82, 2.24) is 0 Å². The molecule has 1 atom stereocenters. The molecule has 0 saturated heterocycles. The van der Waals surface area contributed by atoms with Crippen molar-refractivity contribution >= 4 is 5.71 Å². The number of halogens is 1. The quantitative estimate of drug-likeness (QED) is 0.887. The van der Waals surface area contributed by atoms with E-state index in [1.165, 1.54) is 17.7 Å². The molecule has 2 aromatic carbocycles. The molecule has 0 radical (unpaired) electrons. The summed E-state index contributed by atoms with van der Waals surface area (Å²) in [4.78, 5) is 5.45. The smallest absolute Gasteiger partial charge is 0.181 e. The summed E-state index contributed by atoms with van der Waals surface area (Å²) in [6.07, 6.45) is 0.733. The largest absolute Gasteiger partial charge is 0.497 e. The van der Waals surface area contributed by atoms with Gasteiger partial charge in [0, 0.05) is 17.5 Å². The van der Waals surface area contributed by atoms with Crippen LogP contribution in [0.15, 0.2) is 53.7 Å². The summed E-state index contributed by atoms with van der Waals surface area (Å²) in [6.45, 7) is 1.66. The molecule has 1 aliphatic heterocycles. The van der Waals surface area contributed by atoms with Gasteiger partial charge in [0.05, 0.1) is 12.8 Å². The topological polar surface area (TPSA) is 47.4 Å². The average molecular weight is 315 g/mol. The molecular formula is C18H20FN2O2+. The Kier molecular flexibility index (Phi) is 4.88. The number of quaternary nitrogens is 1. The third-order valence-electron chi connectivity index (χ3n) is 3.83. The molecule has 5 heteroatoms. The van der Waals surface area contributed by atoms with E-state index in [0.717, 1.165) is 30.1 Å². The number of nitrogens with two attached hydrogens (primary N) is 1. The third kappa shape index (κ3) is 4.07. The molecule has 0 spiro atoms. The SMILES string of the molecule is COc1cccc(C[NH2+]C[C@@H]2CC(c3cccc(F)c3)=NO2)c1. The van der Waals surface area contributed by atoms with Gasteiger partial charge in [-0.15, -0.1) is 0 Å². The number of ether oxygens (including phenoxy) is 1. The van der Waals surface area contributed by atoms with Crippen molar-refractivity contribution in [2.45, 2.75) is 19.1 Å². The molecule has 120 valence electrons. The Bertz CT molecular complexity index is 703. The second-order valence-electron chi connectivity index (χ2n) is 5.56. The second-order valence-corrected chi connectivity index (χ2v) is 5.56. The van der Waals surface area contributed by atoms with Crippen LogP contribution in [0.4, 0.5) is 4.39 Å². The lowest BCUT2D eigenvalue weighted by atomic mass is 10.0. The first-order valence-corrected chi connectivity index (χ1v) is 7.68. The molecule has 4 nitrogen and oxygen atoms in total. The maximum absolute atomic E-state index is 13.3. The minimum absolute atomic E-state index is 0.0267. The Morgan fingerprint density at radius 1 is 1.26 bits per heavy atom. The fourth-order valence-electron chi connectivity index (χ4n) is 2.63. The molecular weight excluding hydrogens is 295 g/mol. The highest BCUT2D eigenvalue weighted by Gasteiger charge is 2.23. The summed E-state index contributed by atoms with van der Waals surface area (Å²) in [5.74, 6) is 0.614. The maximum Gasteiger partial charge on any atom is 0.181 e. The molecule has 0 aromatic heterocycles. The molecule has 2 N–H and O–H groups in total. The normalized spacial score (nSPS) is 16.8. The van der Waals surface area contributed by atoms with Crippen LogP contribution in [0.5, 0.6) is 5.75 Å². The number of rotatable bonds is 6. The van der Waals surface area contributed by atoms with Crippen molar-refractivity contribution in [3.8, 4) is 5.75 Å². The molecule has 23 heavy (non-hydrogen) atoms. The summed E-state index contributed by atoms with van der Waals surface area (Å²) in [6, 6.07) is 14.5. The Morgan fingerprint density at radius 2 is 2.13 bits per heavy atom. The highest BCUT2D eigenvalue weighted by molar-refractivity contribution is 6.01. The Morgan fingerprint density at radius 3 is 2.96 bits per heavy atom. The number of methoxy groups -OCH3 is 1. The van der Waals surface area contributed by atoms with Crippen molar-refractivity contribution in [2.75, 3.05) is 13.7 Å². The number of oxime groups is 1. The molecule has 2 aromatic rings. The third-order valence-corrected chi connectivity index (χ3v) is 3.83. The molecule has 0 amide bonds. The lowest BCUT2D eigenvalue weighted by molar-refractivity contribution is -0.676. The van der Waals surface area contributed by atoms with E-state index in [1.54, 1.807) is 13.2 Å². The first kappa shape index (κ1) is 15.5. The van der Waals surface area contributed by atoms with Crippen LogP contribution in [-0.2, 0) is 11.4 Å². The zero-order valence-corrected chi connectivity index (χ0v) is 13.0. The molecule has 0 unspecified atom stereocenters. The zero-order chi connectivity index (χ0) is 16.1. The molecule has 3 rings (SSSR count). The zero-order valence-electron chi connectivity index (χ0n) is 13.0. The molecule has 0 fully saturated rings. The molecule has 0 saturated carbocycles. The maximum atomic E-state index is 13.3. The predicted molar refractivity (Wildman–Crippen MR) is 85.9 cm³/mol. The van der Waals surface area contributed by atoms with Crippen LogP contribution in [-0.4, -0.2) is 25.5 Å². The van der Waals surface area contributed by atoms with Crippen LogP contribution in [0.2, 0.25) is 0 Å². The van der Waals surface area contributed by atoms with Crippen LogP contribution in [0.3, 0.4) is 0 Å². The van der Waals surface area contributed by atoms with Gasteiger partial charge in [-0.2, -0.15) is 0 Å². The summed E-state index contributed by atoms with van der Waals surface area (Å²) in [5, 5.41) is 6.28. The highest BCUT2D eigenvalue weighted by Crippen LogP contribution is 2.16. The summed E-state index contributed by atoms with van der Waals surface area (Å²) in [5.41, 5.74) is 2.80. The van der Waals surface area contributed by atoms with Gasteiger partial charge in [-0.3, -0.25) is 0 Å². The Balaban J connectivity index is 1.48. The van der Waals surface area contributed by atoms with E-state index in [1.807, 2.05) is 24.3 Å². The van der Waals surface area contributed by atoms with Crippen LogP contribution in [0.25, 0.3) is 0 Å². The fraction of sp³-hybridized carbons (Fsp3) is 0.278. The Labute approximate surface area is 134 Å². The molecule has 0 bridgehead atoms. The monoisotopic (exact) mass is 315 g/mol. The van der Waals surface area contributed by atoms with Gasteiger partial charge < -0.3 is 14.9 Å². The van der Waals surface area contributed by atoms with Crippen molar-refractivity contribution < 1.29 is 19.3 Å². The highest BCUT2D eigenvalue weighted by atomic mass is 19.1. The second kappa shape index (κ2) is 7.24. The van der Waals surface area contributed by atoms with E-state index in [4.69, 9.17) is 9.57 Å². The van der Waals surface area contributed by atoms with E-state index in [9.17, 15) is 4.39 Å². The van der Waals surface area contributed by atoms with Gasteiger partial charge >= 0.3 is 0 Å². The van der Waals surface area contributed by atoms with E-state index in [2.05, 4.69) is 16.5 Å². The van der Waals surface area contributed by atoms with Crippen molar-refractivity contribution in [1.29, 1.82) is 0 Å². The van der Waals surface area contributed by atoms with E-state index < -0.39 is 0 Å². The number of benzene rings is 2. The minimum Gasteiger partial charge on any atom is -0.497 e. The van der Waals surface area contributed by atoms with Crippen LogP contribution >= 0.6 is 0 Å². The predicted octanol–water partition coefficient (Wildman–Crippen LogP) is 2.09. The van der Waals surface area contributed by atoms with Gasteiger partial charge in [0.2, 0.25) is 0 Å². The van der Waals surface area contributed by atoms with Crippen LogP contribution in [0.1, 0.15) is 17.5 Å². The van der Waals surface area contributed by atoms with Gasteiger partial charge in [0.25, 0.3) is 0 Å². The number of hydrogen-bond acceptors (Lipinski definition) is 3. The minimum atomic E-state index is -0.252. The van der Waals surface area contributed by atoms with Crippen LogP contribution < -0.4 is 10.1 Å². The summed E-state index contributed by atoms with van der Waals surface area (Å²) >= 11 is 0. The molecule has 0 aliphatic carbocycles. The van der Waals surface area contributed by atoms with Crippen molar-refractivity contribution in [3.63, 3.8) is 0 Å². The molecule has 1 heterocycles. The van der Waals surface area contributed by atoms with E-state index in [0.29, 0.717) is 6.42 Å². The lowest BCUT2D eigenvalue weighted by Gasteiger charge is -2.08. The van der Waals surface area contributed by atoms with Crippen molar-refractivity contribution in [2.24, 2.45) is 5.16 Å². The van der Waals surface area contributed by atoms with Crippen LogP contribution in [0, 0.1) is 5.82 Å². The molecule has 1 aliphatic rings. The van der Waals surface area contributed by atoms with Gasteiger partial charge in [-0.1, -0.05) is 29.4 Å². The van der Waals surface area contributed by atoms with E-state index in [-0.39, 0.29) is 11.9 Å². The lowest BCUT2D eigenvalue weighted by Crippen LogP contribution is -2.84. The van der Waals surface area contributed by atoms with E-state index >= 15 is 0 Å². The summed E-state index contributed by atoms with van der Waals surface area (Å²) in [7, 11) is 1.67. The first-order chi connectivity index (χ1) is 11.2. The van der Waals surface area contributed by atoms with Crippen molar-refractivity contribution in [3.05, 3.63) is 65.5 Å².